The van der Waals surface area contributed by atoms with E-state index in [1.807, 2.05) is 6.07 Å². The lowest BCUT2D eigenvalue weighted by atomic mass is 10.0. The summed E-state index contributed by atoms with van der Waals surface area (Å²) in [7, 11) is -3.51. The maximum atomic E-state index is 13.4. The molecule has 0 N–H and O–H groups in total. The molecular weight excluding hydrogens is 486 g/mol. The van der Waals surface area contributed by atoms with Gasteiger partial charge in [-0.1, -0.05) is 74.0 Å². The van der Waals surface area contributed by atoms with Crippen LogP contribution in [0.1, 0.15) is 57.1 Å². The highest BCUT2D eigenvalue weighted by molar-refractivity contribution is 7.98. The predicted molar refractivity (Wildman–Crippen MR) is 148 cm³/mol. The van der Waals surface area contributed by atoms with Gasteiger partial charge in [-0.2, -0.15) is 4.31 Å². The number of hydrogen-bond acceptors (Lipinski definition) is 4. The first-order valence-electron chi connectivity index (χ1n) is 13.1. The summed E-state index contributed by atoms with van der Waals surface area (Å²) in [6.07, 6.45) is 6.79. The third-order valence-electron chi connectivity index (χ3n) is 7.76. The Morgan fingerprint density at radius 2 is 1.75 bits per heavy atom. The van der Waals surface area contributed by atoms with E-state index in [0.717, 1.165) is 47.6 Å². The highest BCUT2D eigenvalue weighted by Crippen LogP contribution is 2.38. The Kier molecular flexibility index (Phi) is 6.56. The summed E-state index contributed by atoms with van der Waals surface area (Å²) in [4.78, 5) is 5.38. The fraction of sp³-hybridized carbons (Fsp3) is 0.414. The third-order valence-corrected chi connectivity index (χ3v) is 10.6. The average Bonchev–Trinajstić information content (AvgIpc) is 3.54. The van der Waals surface area contributed by atoms with Gasteiger partial charge in [0.2, 0.25) is 10.0 Å². The van der Waals surface area contributed by atoms with E-state index in [0.29, 0.717) is 29.9 Å². The molecule has 1 saturated heterocycles. The molecule has 0 spiro atoms. The van der Waals surface area contributed by atoms with Gasteiger partial charge in [0, 0.05) is 24.9 Å². The van der Waals surface area contributed by atoms with Crippen LogP contribution in [0.5, 0.6) is 0 Å². The van der Waals surface area contributed by atoms with Crippen LogP contribution in [0.4, 0.5) is 0 Å². The Hall–Kier alpha value is -2.35. The molecule has 3 aromatic carbocycles. The van der Waals surface area contributed by atoms with Crippen LogP contribution >= 0.6 is 11.8 Å². The second kappa shape index (κ2) is 9.84. The fourth-order valence-electron chi connectivity index (χ4n) is 5.82. The molecule has 7 heteroatoms. The number of thioether (sulfide) groups is 1. The summed E-state index contributed by atoms with van der Waals surface area (Å²) in [5.74, 6) is 1.23. The number of imidazole rings is 1. The minimum Gasteiger partial charge on any atom is -0.316 e. The van der Waals surface area contributed by atoms with Crippen molar-refractivity contribution in [3.63, 3.8) is 0 Å². The second-order valence-electron chi connectivity index (χ2n) is 10.4. The number of fused-ring (bicyclic) bond motifs is 2. The lowest BCUT2D eigenvalue weighted by Gasteiger charge is -2.30. The van der Waals surface area contributed by atoms with Gasteiger partial charge in [0.1, 0.15) is 0 Å². The van der Waals surface area contributed by atoms with Crippen LogP contribution in [0.25, 0.3) is 21.8 Å². The molecule has 5 nitrogen and oxygen atoms in total. The topological polar surface area (TPSA) is 55.2 Å². The SMILES string of the molecule is CC1CCCN(S(=O)(=O)c2ccc3c(c2)nc(SCc2ccc4ccccc4c2)n3C2CCCC2)C1. The standard InChI is InChI=1S/C29H33N3O2S2/c1-21-7-6-16-31(19-21)36(33,34)26-14-15-28-27(18-26)30-29(32(28)25-10-4-5-11-25)35-20-22-12-13-23-8-2-3-9-24(23)17-22/h2-3,8-9,12-15,17-18,21,25H,4-7,10-11,16,19-20H2,1H3. The zero-order valence-corrected chi connectivity index (χ0v) is 22.4. The van der Waals surface area contributed by atoms with Crippen molar-refractivity contribution in [3.8, 4) is 0 Å². The summed E-state index contributed by atoms with van der Waals surface area (Å²) in [6, 6.07) is 21.1. The van der Waals surface area contributed by atoms with Gasteiger partial charge in [-0.15, -0.1) is 0 Å². The van der Waals surface area contributed by atoms with E-state index in [-0.39, 0.29) is 0 Å². The lowest BCUT2D eigenvalue weighted by Crippen LogP contribution is -2.39. The van der Waals surface area contributed by atoms with Crippen LogP contribution in [-0.4, -0.2) is 35.4 Å². The molecule has 0 radical (unpaired) electrons. The molecule has 4 aromatic rings. The van der Waals surface area contributed by atoms with Crippen LogP contribution < -0.4 is 0 Å². The van der Waals surface area contributed by atoms with Crippen molar-refractivity contribution in [1.82, 2.24) is 13.9 Å². The summed E-state index contributed by atoms with van der Waals surface area (Å²) >= 11 is 1.75. The van der Waals surface area contributed by atoms with E-state index in [9.17, 15) is 8.42 Å². The number of benzene rings is 3. The first-order chi connectivity index (χ1) is 17.5. The molecule has 188 valence electrons. The van der Waals surface area contributed by atoms with E-state index in [1.54, 1.807) is 28.2 Å². The first-order valence-corrected chi connectivity index (χ1v) is 15.5. The van der Waals surface area contributed by atoms with Crippen LogP contribution in [0.3, 0.4) is 0 Å². The monoisotopic (exact) mass is 519 g/mol. The highest BCUT2D eigenvalue weighted by atomic mass is 32.2. The largest absolute Gasteiger partial charge is 0.316 e. The van der Waals surface area contributed by atoms with Gasteiger partial charge in [-0.25, -0.2) is 13.4 Å². The molecule has 1 saturated carbocycles. The molecule has 1 aliphatic carbocycles. The molecular formula is C29H33N3O2S2. The molecule has 2 fully saturated rings. The molecule has 6 rings (SSSR count). The Labute approximate surface area is 218 Å². The molecule has 1 atom stereocenters. The number of aromatic nitrogens is 2. The Morgan fingerprint density at radius 1 is 0.944 bits per heavy atom. The smallest absolute Gasteiger partial charge is 0.243 e. The lowest BCUT2D eigenvalue weighted by molar-refractivity contribution is 0.281. The fourth-order valence-corrected chi connectivity index (χ4v) is 8.47. The zero-order chi connectivity index (χ0) is 24.7. The van der Waals surface area contributed by atoms with Crippen molar-refractivity contribution in [2.24, 2.45) is 5.92 Å². The maximum absolute atomic E-state index is 13.4. The number of sulfonamides is 1. The van der Waals surface area contributed by atoms with Crippen LogP contribution in [0.15, 0.2) is 70.7 Å². The van der Waals surface area contributed by atoms with E-state index in [4.69, 9.17) is 4.98 Å². The van der Waals surface area contributed by atoms with E-state index in [1.165, 1.54) is 29.2 Å². The molecule has 0 amide bonds. The van der Waals surface area contributed by atoms with Gasteiger partial charge in [0.05, 0.1) is 15.9 Å². The number of piperidine rings is 1. The molecule has 1 unspecified atom stereocenters. The van der Waals surface area contributed by atoms with Crippen molar-refractivity contribution in [2.45, 2.75) is 67.3 Å². The first kappa shape index (κ1) is 24.0. The minimum atomic E-state index is -3.51. The number of hydrogen-bond donors (Lipinski definition) is 0. The van der Waals surface area contributed by atoms with Gasteiger partial charge >= 0.3 is 0 Å². The number of nitrogens with zero attached hydrogens (tertiary/aromatic N) is 3. The maximum Gasteiger partial charge on any atom is 0.243 e. The van der Waals surface area contributed by atoms with Crippen LogP contribution in [0.2, 0.25) is 0 Å². The molecule has 1 aliphatic heterocycles. The molecule has 2 heterocycles. The van der Waals surface area contributed by atoms with Gasteiger partial charge < -0.3 is 4.57 Å². The van der Waals surface area contributed by atoms with Gasteiger partial charge in [0.15, 0.2) is 5.16 Å². The summed E-state index contributed by atoms with van der Waals surface area (Å²) in [5.41, 5.74) is 3.11. The van der Waals surface area contributed by atoms with Crippen molar-refractivity contribution in [1.29, 1.82) is 0 Å². The Morgan fingerprint density at radius 3 is 2.56 bits per heavy atom. The average molecular weight is 520 g/mol. The van der Waals surface area contributed by atoms with Gasteiger partial charge in [-0.05, 0) is 66.1 Å². The van der Waals surface area contributed by atoms with Crippen molar-refractivity contribution in [2.75, 3.05) is 13.1 Å². The summed E-state index contributed by atoms with van der Waals surface area (Å²) in [5, 5.41) is 3.49. The second-order valence-corrected chi connectivity index (χ2v) is 13.3. The quantitative estimate of drug-likeness (QED) is 0.257. The minimum absolute atomic E-state index is 0.367. The molecule has 0 bridgehead atoms. The highest BCUT2D eigenvalue weighted by Gasteiger charge is 2.30. The number of rotatable bonds is 6. The zero-order valence-electron chi connectivity index (χ0n) is 20.8. The van der Waals surface area contributed by atoms with Crippen molar-refractivity contribution < 1.29 is 8.42 Å². The Balaban J connectivity index is 1.33. The third kappa shape index (κ3) is 4.57. The van der Waals surface area contributed by atoms with Crippen molar-refractivity contribution in [3.05, 3.63) is 66.2 Å². The van der Waals surface area contributed by atoms with E-state index < -0.39 is 10.0 Å². The summed E-state index contributed by atoms with van der Waals surface area (Å²) in [6.45, 7) is 3.34. The van der Waals surface area contributed by atoms with E-state index >= 15 is 0 Å². The van der Waals surface area contributed by atoms with Crippen LogP contribution in [0, 0.1) is 5.92 Å². The Bertz CT molecular complexity index is 1510. The van der Waals surface area contributed by atoms with Gasteiger partial charge in [-0.3, -0.25) is 0 Å². The molecule has 2 aliphatic rings. The van der Waals surface area contributed by atoms with E-state index in [2.05, 4.69) is 54.0 Å². The predicted octanol–water partition coefficient (Wildman–Crippen LogP) is 7.02. The summed E-state index contributed by atoms with van der Waals surface area (Å²) < 4.78 is 30.9. The van der Waals surface area contributed by atoms with Gasteiger partial charge in [0.25, 0.3) is 0 Å². The van der Waals surface area contributed by atoms with Crippen molar-refractivity contribution >= 4 is 43.6 Å². The van der Waals surface area contributed by atoms with Crippen LogP contribution in [-0.2, 0) is 15.8 Å². The molecule has 36 heavy (non-hydrogen) atoms. The normalized spacial score (nSPS) is 20.0. The molecule has 1 aromatic heterocycles.